The normalized spacial score (nSPS) is 22.1. The molecular weight excluding hydrogens is 496 g/mol. The van der Waals surface area contributed by atoms with Gasteiger partial charge in [-0.05, 0) is 43.9 Å². The third kappa shape index (κ3) is 6.54. The number of carbonyl (C=O) groups is 2. The first-order valence-electron chi connectivity index (χ1n) is 11.5. The molecule has 2 aliphatic rings. The van der Waals surface area contributed by atoms with Gasteiger partial charge in [-0.2, -0.15) is 26.3 Å². The van der Waals surface area contributed by atoms with Gasteiger partial charge in [-0.15, -0.1) is 0 Å². The van der Waals surface area contributed by atoms with Crippen LogP contribution in [0.15, 0.2) is 18.2 Å². The highest BCUT2D eigenvalue weighted by atomic mass is 19.4. The van der Waals surface area contributed by atoms with Gasteiger partial charge in [-0.25, -0.2) is 4.79 Å². The number of piperidine rings is 1. The SMILES string of the molecule is Cc1ccc(CN2CCN(C(=O)OC(C(F)(F)F)C(F)(F)F)CC2)c(N2CCCC(C)(C(=O)O)C2)c1. The van der Waals surface area contributed by atoms with Crippen LogP contribution in [0.1, 0.15) is 30.9 Å². The molecule has 1 atom stereocenters. The molecule has 1 aromatic carbocycles. The van der Waals surface area contributed by atoms with E-state index in [4.69, 9.17) is 0 Å². The molecule has 2 heterocycles. The van der Waals surface area contributed by atoms with Crippen LogP contribution in [-0.2, 0) is 16.1 Å². The first kappa shape index (κ1) is 27.9. The fourth-order valence-electron chi connectivity index (χ4n) is 4.55. The molecule has 0 saturated carbocycles. The van der Waals surface area contributed by atoms with Crippen molar-refractivity contribution in [2.24, 2.45) is 5.41 Å². The van der Waals surface area contributed by atoms with Crippen LogP contribution in [-0.4, -0.2) is 84.7 Å². The lowest BCUT2D eigenvalue weighted by atomic mass is 9.81. The van der Waals surface area contributed by atoms with Crippen LogP contribution < -0.4 is 4.90 Å². The quantitative estimate of drug-likeness (QED) is 0.574. The molecule has 13 heteroatoms. The zero-order chi connectivity index (χ0) is 26.9. The summed E-state index contributed by atoms with van der Waals surface area (Å²) in [6.07, 6.45) is -16.1. The first-order valence-corrected chi connectivity index (χ1v) is 11.5. The van der Waals surface area contributed by atoms with Crippen molar-refractivity contribution < 1.29 is 45.8 Å². The summed E-state index contributed by atoms with van der Waals surface area (Å²) in [5, 5.41) is 9.66. The number of alkyl halides is 6. The van der Waals surface area contributed by atoms with E-state index in [1.165, 1.54) is 0 Å². The topological polar surface area (TPSA) is 73.3 Å². The Bertz CT molecular complexity index is 948. The van der Waals surface area contributed by atoms with E-state index in [2.05, 4.69) is 4.74 Å². The summed E-state index contributed by atoms with van der Waals surface area (Å²) >= 11 is 0. The van der Waals surface area contributed by atoms with Gasteiger partial charge >= 0.3 is 24.4 Å². The molecule has 1 N–H and O–H groups in total. The van der Waals surface area contributed by atoms with Crippen molar-refractivity contribution in [3.8, 4) is 0 Å². The minimum absolute atomic E-state index is 0.0940. The summed E-state index contributed by atoms with van der Waals surface area (Å²) < 4.78 is 80.0. The molecule has 0 aliphatic carbocycles. The Hall–Kier alpha value is -2.70. The van der Waals surface area contributed by atoms with Gasteiger partial charge < -0.3 is 19.6 Å². The lowest BCUT2D eigenvalue weighted by Gasteiger charge is -2.40. The number of ether oxygens (including phenoxy) is 1. The number of nitrogens with zero attached hydrogens (tertiary/aromatic N) is 3. The predicted octanol–water partition coefficient (Wildman–Crippen LogP) is 4.43. The van der Waals surface area contributed by atoms with Gasteiger partial charge in [-0.3, -0.25) is 9.69 Å². The van der Waals surface area contributed by atoms with Crippen molar-refractivity contribution in [1.82, 2.24) is 9.80 Å². The molecule has 1 amide bonds. The highest BCUT2D eigenvalue weighted by Gasteiger charge is 2.60. The Morgan fingerprint density at radius 3 is 2.22 bits per heavy atom. The monoisotopic (exact) mass is 525 g/mol. The van der Waals surface area contributed by atoms with Crippen molar-refractivity contribution in [2.75, 3.05) is 44.2 Å². The fourth-order valence-corrected chi connectivity index (χ4v) is 4.55. The molecule has 2 saturated heterocycles. The van der Waals surface area contributed by atoms with E-state index < -0.39 is 35.9 Å². The molecule has 202 valence electrons. The molecular formula is C23H29F6N3O4. The molecule has 3 rings (SSSR count). The predicted molar refractivity (Wildman–Crippen MR) is 118 cm³/mol. The number of anilines is 1. The van der Waals surface area contributed by atoms with E-state index in [1.54, 1.807) is 6.92 Å². The molecule has 2 aliphatic heterocycles. The second-order valence-electron chi connectivity index (χ2n) is 9.63. The molecule has 2 fully saturated rings. The minimum Gasteiger partial charge on any atom is -0.481 e. The maximum Gasteiger partial charge on any atom is 0.434 e. The summed E-state index contributed by atoms with van der Waals surface area (Å²) in [5.74, 6) is -0.859. The highest BCUT2D eigenvalue weighted by Crippen LogP contribution is 2.37. The van der Waals surface area contributed by atoms with Crippen LogP contribution >= 0.6 is 0 Å². The molecule has 0 spiro atoms. The summed E-state index contributed by atoms with van der Waals surface area (Å²) in [7, 11) is 0. The first-order chi connectivity index (χ1) is 16.6. The second kappa shape index (κ2) is 10.3. The van der Waals surface area contributed by atoms with Crippen LogP contribution in [0.2, 0.25) is 0 Å². The number of hydrogen-bond donors (Lipinski definition) is 1. The van der Waals surface area contributed by atoms with E-state index in [0.717, 1.165) is 21.7 Å². The average molecular weight is 525 g/mol. The van der Waals surface area contributed by atoms with Crippen LogP contribution in [0.25, 0.3) is 0 Å². The molecule has 1 aromatic rings. The summed E-state index contributed by atoms with van der Waals surface area (Å²) in [4.78, 5) is 28.6. The largest absolute Gasteiger partial charge is 0.481 e. The molecule has 0 radical (unpaired) electrons. The van der Waals surface area contributed by atoms with Gasteiger partial charge in [0.15, 0.2) is 0 Å². The number of carboxylic acid groups (broad SMARTS) is 1. The number of rotatable bonds is 5. The molecule has 0 bridgehead atoms. The highest BCUT2D eigenvalue weighted by molar-refractivity contribution is 5.76. The Morgan fingerprint density at radius 2 is 1.67 bits per heavy atom. The number of piperazine rings is 1. The standard InChI is InChI=1S/C23H29F6N3O4/c1-15-4-5-16(17(12-15)32-7-3-6-21(2,14-32)19(33)34)13-30-8-10-31(11-9-30)20(35)36-18(22(24,25)26)23(27,28)29/h4-5,12,18H,3,6-11,13-14H2,1-2H3,(H,33,34). The van der Waals surface area contributed by atoms with Crippen molar-refractivity contribution in [2.45, 2.75) is 51.7 Å². The summed E-state index contributed by atoms with van der Waals surface area (Å²) in [6.45, 7) is 5.36. The van der Waals surface area contributed by atoms with Gasteiger partial charge in [0.05, 0.1) is 5.41 Å². The summed E-state index contributed by atoms with van der Waals surface area (Å²) in [5.41, 5.74) is 1.92. The zero-order valence-corrected chi connectivity index (χ0v) is 20.0. The number of amides is 1. The number of benzene rings is 1. The van der Waals surface area contributed by atoms with E-state index in [1.807, 2.05) is 34.9 Å². The number of aliphatic carboxylic acids is 1. The number of halogens is 6. The molecule has 1 unspecified atom stereocenters. The van der Waals surface area contributed by atoms with Gasteiger partial charge in [-0.1, -0.05) is 12.1 Å². The minimum atomic E-state index is -5.76. The Kier molecular flexibility index (Phi) is 8.01. The maximum absolute atomic E-state index is 12.7. The Morgan fingerprint density at radius 1 is 1.06 bits per heavy atom. The number of aryl methyl sites for hydroxylation is 1. The maximum atomic E-state index is 12.7. The van der Waals surface area contributed by atoms with Crippen LogP contribution in [0.3, 0.4) is 0 Å². The van der Waals surface area contributed by atoms with Crippen LogP contribution in [0.4, 0.5) is 36.8 Å². The lowest BCUT2D eigenvalue weighted by molar-refractivity contribution is -0.308. The number of carbonyl (C=O) groups excluding carboxylic acids is 1. The van der Waals surface area contributed by atoms with E-state index >= 15 is 0 Å². The number of carboxylic acids is 1. The molecule has 36 heavy (non-hydrogen) atoms. The van der Waals surface area contributed by atoms with E-state index in [-0.39, 0.29) is 26.2 Å². The third-order valence-electron chi connectivity index (χ3n) is 6.63. The fraction of sp³-hybridized carbons (Fsp3) is 0.652. The van der Waals surface area contributed by atoms with Gasteiger partial charge in [0.1, 0.15) is 0 Å². The second-order valence-corrected chi connectivity index (χ2v) is 9.63. The van der Waals surface area contributed by atoms with Crippen molar-refractivity contribution in [3.63, 3.8) is 0 Å². The van der Waals surface area contributed by atoms with Crippen LogP contribution in [0, 0.1) is 12.3 Å². The Balaban J connectivity index is 1.65. The summed E-state index contributed by atoms with van der Waals surface area (Å²) in [6, 6.07) is 5.82. The zero-order valence-electron chi connectivity index (χ0n) is 20.0. The van der Waals surface area contributed by atoms with Crippen molar-refractivity contribution in [3.05, 3.63) is 29.3 Å². The lowest BCUT2D eigenvalue weighted by Crippen LogP contribution is -2.52. The molecule has 7 nitrogen and oxygen atoms in total. The Labute approximate surface area is 204 Å². The van der Waals surface area contributed by atoms with Gasteiger partial charge in [0.25, 0.3) is 6.10 Å². The van der Waals surface area contributed by atoms with Gasteiger partial charge in [0, 0.05) is 51.5 Å². The van der Waals surface area contributed by atoms with Crippen molar-refractivity contribution in [1.29, 1.82) is 0 Å². The van der Waals surface area contributed by atoms with Gasteiger partial charge in [0.2, 0.25) is 0 Å². The average Bonchev–Trinajstić information content (AvgIpc) is 2.77. The number of hydrogen-bond acceptors (Lipinski definition) is 5. The van der Waals surface area contributed by atoms with E-state index in [0.29, 0.717) is 32.5 Å². The van der Waals surface area contributed by atoms with E-state index in [9.17, 15) is 41.0 Å². The van der Waals surface area contributed by atoms with Crippen LogP contribution in [0.5, 0.6) is 0 Å². The molecule has 0 aromatic heterocycles. The smallest absolute Gasteiger partial charge is 0.434 e. The van der Waals surface area contributed by atoms with Crippen molar-refractivity contribution >= 4 is 17.7 Å². The third-order valence-corrected chi connectivity index (χ3v) is 6.63.